The van der Waals surface area contributed by atoms with Crippen LogP contribution >= 0.6 is 11.8 Å². The first kappa shape index (κ1) is 15.4. The molecule has 1 amide bonds. The number of aliphatic carboxylic acids is 1. The van der Waals surface area contributed by atoms with Crippen LogP contribution in [0.5, 0.6) is 0 Å². The zero-order chi connectivity index (χ0) is 14.3. The maximum Gasteiger partial charge on any atom is 0.326 e. The Morgan fingerprint density at radius 2 is 2.21 bits per heavy atom. The number of carboxylic acids is 1. The van der Waals surface area contributed by atoms with Crippen molar-refractivity contribution in [3.63, 3.8) is 0 Å². The Balaban J connectivity index is 2.55. The number of hydrogen-bond acceptors (Lipinski definition) is 4. The van der Waals surface area contributed by atoms with Gasteiger partial charge in [0.05, 0.1) is 6.42 Å². The number of nitrogen functional groups attached to an aromatic ring is 1. The van der Waals surface area contributed by atoms with E-state index in [9.17, 15) is 9.59 Å². The van der Waals surface area contributed by atoms with E-state index in [1.54, 1.807) is 36.0 Å². The highest BCUT2D eigenvalue weighted by atomic mass is 32.2. The number of carboxylic acid groups (broad SMARTS) is 1. The number of thioether (sulfide) groups is 1. The second-order valence-electron chi connectivity index (χ2n) is 4.16. The molecule has 0 aromatic heterocycles. The minimum absolute atomic E-state index is 0.133. The van der Waals surface area contributed by atoms with Gasteiger partial charge in [0.1, 0.15) is 6.04 Å². The van der Waals surface area contributed by atoms with Crippen molar-refractivity contribution < 1.29 is 14.7 Å². The van der Waals surface area contributed by atoms with E-state index in [4.69, 9.17) is 10.8 Å². The first-order chi connectivity index (χ1) is 9.02. The van der Waals surface area contributed by atoms with E-state index >= 15 is 0 Å². The summed E-state index contributed by atoms with van der Waals surface area (Å²) in [6.07, 6.45) is 2.45. The van der Waals surface area contributed by atoms with Crippen LogP contribution in [0.25, 0.3) is 0 Å². The number of benzene rings is 1. The van der Waals surface area contributed by atoms with Crippen LogP contribution in [-0.2, 0) is 16.0 Å². The molecule has 0 saturated carbocycles. The zero-order valence-corrected chi connectivity index (χ0v) is 11.6. The molecule has 0 unspecified atom stereocenters. The molecule has 5 nitrogen and oxygen atoms in total. The highest BCUT2D eigenvalue weighted by Gasteiger charge is 2.19. The number of carbonyl (C=O) groups excluding carboxylic acids is 1. The van der Waals surface area contributed by atoms with Gasteiger partial charge in [0, 0.05) is 5.69 Å². The normalized spacial score (nSPS) is 11.8. The van der Waals surface area contributed by atoms with Crippen molar-refractivity contribution in [3.8, 4) is 0 Å². The Bertz CT molecular complexity index is 451. The maximum absolute atomic E-state index is 11.8. The van der Waals surface area contributed by atoms with Crippen molar-refractivity contribution in [2.24, 2.45) is 0 Å². The van der Waals surface area contributed by atoms with Crippen LogP contribution in [0.1, 0.15) is 12.0 Å². The molecule has 0 aliphatic carbocycles. The van der Waals surface area contributed by atoms with Crippen LogP contribution < -0.4 is 11.1 Å². The third-order valence-electron chi connectivity index (χ3n) is 2.56. The summed E-state index contributed by atoms with van der Waals surface area (Å²) >= 11 is 1.55. The van der Waals surface area contributed by atoms with Gasteiger partial charge in [-0.1, -0.05) is 12.1 Å². The molecule has 4 N–H and O–H groups in total. The summed E-state index contributed by atoms with van der Waals surface area (Å²) in [6.45, 7) is 0. The van der Waals surface area contributed by atoms with Crippen LogP contribution in [0, 0.1) is 0 Å². The van der Waals surface area contributed by atoms with E-state index in [0.29, 0.717) is 17.9 Å². The lowest BCUT2D eigenvalue weighted by Gasteiger charge is -2.14. The molecule has 1 rings (SSSR count). The van der Waals surface area contributed by atoms with Crippen molar-refractivity contribution in [3.05, 3.63) is 29.8 Å². The molecule has 1 atom stereocenters. The fourth-order valence-corrected chi connectivity index (χ4v) is 2.10. The van der Waals surface area contributed by atoms with Crippen LogP contribution in [0.3, 0.4) is 0 Å². The predicted molar refractivity (Wildman–Crippen MR) is 77.1 cm³/mol. The second-order valence-corrected chi connectivity index (χ2v) is 5.15. The number of carbonyl (C=O) groups is 2. The topological polar surface area (TPSA) is 92.4 Å². The maximum atomic E-state index is 11.8. The van der Waals surface area contributed by atoms with Crippen molar-refractivity contribution in [2.45, 2.75) is 18.9 Å². The first-order valence-corrected chi connectivity index (χ1v) is 7.28. The Kier molecular flexibility index (Phi) is 6.21. The lowest BCUT2D eigenvalue weighted by molar-refractivity contribution is -0.141. The fourth-order valence-electron chi connectivity index (χ4n) is 1.63. The number of anilines is 1. The summed E-state index contributed by atoms with van der Waals surface area (Å²) < 4.78 is 0. The summed E-state index contributed by atoms with van der Waals surface area (Å²) in [7, 11) is 0. The van der Waals surface area contributed by atoms with Gasteiger partial charge in [-0.3, -0.25) is 4.79 Å². The van der Waals surface area contributed by atoms with Gasteiger partial charge in [-0.25, -0.2) is 4.79 Å². The van der Waals surface area contributed by atoms with Crippen LogP contribution in [0.2, 0.25) is 0 Å². The van der Waals surface area contributed by atoms with Crippen LogP contribution in [-0.4, -0.2) is 35.0 Å². The van der Waals surface area contributed by atoms with E-state index in [0.717, 1.165) is 5.56 Å². The lowest BCUT2D eigenvalue weighted by atomic mass is 10.1. The summed E-state index contributed by atoms with van der Waals surface area (Å²) in [6, 6.07) is 6.16. The highest BCUT2D eigenvalue weighted by Crippen LogP contribution is 2.08. The summed E-state index contributed by atoms with van der Waals surface area (Å²) in [4.78, 5) is 22.8. The molecule has 0 radical (unpaired) electrons. The second kappa shape index (κ2) is 7.68. The van der Waals surface area contributed by atoms with Crippen molar-refractivity contribution in [1.82, 2.24) is 5.32 Å². The van der Waals surface area contributed by atoms with E-state index in [-0.39, 0.29) is 12.3 Å². The Morgan fingerprint density at radius 3 is 2.79 bits per heavy atom. The number of amides is 1. The molecular weight excluding hydrogens is 264 g/mol. The molecule has 0 spiro atoms. The molecule has 1 aromatic rings. The monoisotopic (exact) mass is 282 g/mol. The third-order valence-corrected chi connectivity index (χ3v) is 3.20. The number of rotatable bonds is 7. The molecule has 0 aliphatic heterocycles. The Morgan fingerprint density at radius 1 is 1.47 bits per heavy atom. The van der Waals surface area contributed by atoms with E-state index in [2.05, 4.69) is 5.32 Å². The largest absolute Gasteiger partial charge is 0.480 e. The van der Waals surface area contributed by atoms with Crippen LogP contribution in [0.15, 0.2) is 24.3 Å². The quantitative estimate of drug-likeness (QED) is 0.652. The molecule has 0 bridgehead atoms. The van der Waals surface area contributed by atoms with Gasteiger partial charge in [-0.2, -0.15) is 11.8 Å². The van der Waals surface area contributed by atoms with Gasteiger partial charge in [0.2, 0.25) is 5.91 Å². The average molecular weight is 282 g/mol. The van der Waals surface area contributed by atoms with Crippen LogP contribution in [0.4, 0.5) is 5.69 Å². The van der Waals surface area contributed by atoms with Crippen molar-refractivity contribution in [1.29, 1.82) is 0 Å². The van der Waals surface area contributed by atoms with Gasteiger partial charge < -0.3 is 16.2 Å². The zero-order valence-electron chi connectivity index (χ0n) is 10.8. The van der Waals surface area contributed by atoms with E-state index < -0.39 is 12.0 Å². The van der Waals surface area contributed by atoms with Gasteiger partial charge in [-0.15, -0.1) is 0 Å². The first-order valence-electron chi connectivity index (χ1n) is 5.88. The Hall–Kier alpha value is -1.69. The van der Waals surface area contributed by atoms with Gasteiger partial charge in [0.25, 0.3) is 0 Å². The van der Waals surface area contributed by atoms with Gasteiger partial charge >= 0.3 is 5.97 Å². The summed E-state index contributed by atoms with van der Waals surface area (Å²) in [5.41, 5.74) is 6.98. The summed E-state index contributed by atoms with van der Waals surface area (Å²) in [5.74, 6) is -0.621. The highest BCUT2D eigenvalue weighted by molar-refractivity contribution is 7.98. The molecule has 1 aromatic carbocycles. The molecule has 104 valence electrons. The predicted octanol–water partition coefficient (Wildman–Crippen LogP) is 1.13. The lowest BCUT2D eigenvalue weighted by Crippen LogP contribution is -2.41. The van der Waals surface area contributed by atoms with Crippen molar-refractivity contribution in [2.75, 3.05) is 17.7 Å². The smallest absolute Gasteiger partial charge is 0.326 e. The minimum atomic E-state index is -1.00. The molecule has 6 heteroatoms. The van der Waals surface area contributed by atoms with E-state index in [1.807, 2.05) is 6.26 Å². The number of nitrogens with two attached hydrogens (primary N) is 1. The van der Waals surface area contributed by atoms with Crippen molar-refractivity contribution >= 4 is 29.3 Å². The molecule has 0 aliphatic rings. The standard InChI is InChI=1S/C13H18N2O3S/c1-19-6-5-11(13(17)18)15-12(16)8-9-3-2-4-10(14)7-9/h2-4,7,11H,5-6,8,14H2,1H3,(H,15,16)(H,17,18)/t11-/m0/s1. The summed E-state index contributed by atoms with van der Waals surface area (Å²) in [5, 5.41) is 11.5. The molecular formula is C13H18N2O3S. The number of nitrogens with one attached hydrogen (secondary N) is 1. The van der Waals surface area contributed by atoms with Gasteiger partial charge in [-0.05, 0) is 36.1 Å². The molecule has 0 heterocycles. The third kappa shape index (κ3) is 5.65. The molecule has 19 heavy (non-hydrogen) atoms. The Labute approximate surface area is 116 Å². The van der Waals surface area contributed by atoms with E-state index in [1.165, 1.54) is 0 Å². The number of hydrogen-bond donors (Lipinski definition) is 3. The molecule has 0 saturated heterocycles. The fraction of sp³-hybridized carbons (Fsp3) is 0.385. The average Bonchev–Trinajstić information content (AvgIpc) is 2.34. The SMILES string of the molecule is CSCC[C@H](NC(=O)Cc1cccc(N)c1)C(=O)O. The minimum Gasteiger partial charge on any atom is -0.480 e. The molecule has 0 fully saturated rings. The van der Waals surface area contributed by atoms with Gasteiger partial charge in [0.15, 0.2) is 0 Å².